The second kappa shape index (κ2) is 7.45. The Kier molecular flexibility index (Phi) is 5.14. The number of fused-ring (bicyclic) bond motifs is 2. The lowest BCUT2D eigenvalue weighted by molar-refractivity contribution is -0.0249. The van der Waals surface area contributed by atoms with Crippen LogP contribution in [-0.4, -0.2) is 11.0 Å². The van der Waals surface area contributed by atoms with Gasteiger partial charge >= 0.3 is 0 Å². The minimum Gasteiger partial charge on any atom is -0.393 e. The first kappa shape index (κ1) is 20.7. The SMILES string of the molecule is CC/C=C1/C2CC3(C(N)=S)CC4(c5ccccc5)CC1C4(C2)C3.NC1CCCCC1. The molecule has 3 bridgehead atoms. The molecule has 0 saturated heterocycles. The summed E-state index contributed by atoms with van der Waals surface area (Å²) in [5, 5.41) is 0. The van der Waals surface area contributed by atoms with E-state index in [9.17, 15) is 0 Å². The van der Waals surface area contributed by atoms with Gasteiger partial charge in [-0.25, -0.2) is 0 Å². The van der Waals surface area contributed by atoms with E-state index in [-0.39, 0.29) is 5.41 Å². The molecule has 0 aromatic heterocycles. The van der Waals surface area contributed by atoms with Gasteiger partial charge in [-0.1, -0.05) is 80.4 Å². The van der Waals surface area contributed by atoms with Crippen LogP contribution in [0.1, 0.15) is 83.1 Å². The average molecular weight is 423 g/mol. The normalized spacial score (nSPS) is 42.4. The van der Waals surface area contributed by atoms with Crippen LogP contribution < -0.4 is 11.5 Å². The van der Waals surface area contributed by atoms with Gasteiger partial charge in [-0.05, 0) is 74.2 Å². The van der Waals surface area contributed by atoms with E-state index in [0.29, 0.717) is 16.9 Å². The molecule has 0 radical (unpaired) electrons. The summed E-state index contributed by atoms with van der Waals surface area (Å²) in [7, 11) is 0. The van der Waals surface area contributed by atoms with Crippen molar-refractivity contribution in [2.24, 2.45) is 34.1 Å². The number of allylic oxidation sites excluding steroid dienone is 2. The topological polar surface area (TPSA) is 52.0 Å². The van der Waals surface area contributed by atoms with Crippen LogP contribution in [0.2, 0.25) is 0 Å². The van der Waals surface area contributed by atoms with Crippen molar-refractivity contribution < 1.29 is 0 Å². The monoisotopic (exact) mass is 422 g/mol. The van der Waals surface area contributed by atoms with E-state index >= 15 is 0 Å². The van der Waals surface area contributed by atoms with Gasteiger partial charge in [0.05, 0.1) is 4.99 Å². The van der Waals surface area contributed by atoms with E-state index in [1.165, 1.54) is 64.2 Å². The van der Waals surface area contributed by atoms with Crippen LogP contribution in [0.4, 0.5) is 0 Å². The van der Waals surface area contributed by atoms with Crippen molar-refractivity contribution in [3.05, 3.63) is 47.5 Å². The largest absolute Gasteiger partial charge is 0.393 e. The number of nitrogens with two attached hydrogens (primary N) is 2. The molecule has 162 valence electrons. The molecule has 1 aromatic carbocycles. The van der Waals surface area contributed by atoms with Gasteiger partial charge in [-0.15, -0.1) is 0 Å². The van der Waals surface area contributed by atoms with Gasteiger partial charge in [-0.2, -0.15) is 0 Å². The van der Waals surface area contributed by atoms with Gasteiger partial charge in [-0.3, -0.25) is 0 Å². The molecule has 0 amide bonds. The quantitative estimate of drug-likeness (QED) is 0.461. The van der Waals surface area contributed by atoms with Crippen molar-refractivity contribution >= 4 is 17.2 Å². The molecule has 0 heterocycles. The second-order valence-corrected chi connectivity index (χ2v) is 11.4. The summed E-state index contributed by atoms with van der Waals surface area (Å²) >= 11 is 5.62. The lowest BCUT2D eigenvalue weighted by Crippen LogP contribution is -2.55. The Balaban J connectivity index is 0.000000236. The van der Waals surface area contributed by atoms with Gasteiger partial charge in [0, 0.05) is 16.9 Å². The number of thiocarbonyl (C=S) groups is 1. The van der Waals surface area contributed by atoms with E-state index in [4.69, 9.17) is 23.7 Å². The predicted molar refractivity (Wildman–Crippen MR) is 129 cm³/mol. The summed E-state index contributed by atoms with van der Waals surface area (Å²) in [6, 6.07) is 11.8. The molecule has 1 spiro atoms. The molecule has 5 aliphatic rings. The fourth-order valence-corrected chi connectivity index (χ4v) is 8.67. The van der Waals surface area contributed by atoms with Crippen molar-refractivity contribution in [2.75, 3.05) is 0 Å². The van der Waals surface area contributed by atoms with Crippen molar-refractivity contribution in [1.29, 1.82) is 0 Å². The first-order chi connectivity index (χ1) is 14.5. The first-order valence-electron chi connectivity index (χ1n) is 12.3. The third-order valence-corrected chi connectivity index (χ3v) is 9.96. The molecule has 5 atom stereocenters. The van der Waals surface area contributed by atoms with Crippen LogP contribution in [0, 0.1) is 22.7 Å². The molecule has 30 heavy (non-hydrogen) atoms. The Labute approximate surface area is 187 Å². The maximum absolute atomic E-state index is 6.34. The minimum atomic E-state index is 0.117. The highest BCUT2D eigenvalue weighted by Crippen LogP contribution is 2.85. The Morgan fingerprint density at radius 2 is 1.80 bits per heavy atom. The Morgan fingerprint density at radius 1 is 1.07 bits per heavy atom. The number of rotatable bonds is 3. The fourth-order valence-electron chi connectivity index (χ4n) is 8.45. The summed E-state index contributed by atoms with van der Waals surface area (Å²) in [6.45, 7) is 2.28. The maximum atomic E-state index is 6.34. The molecule has 5 saturated carbocycles. The molecule has 2 nitrogen and oxygen atoms in total. The van der Waals surface area contributed by atoms with E-state index < -0.39 is 0 Å². The number of hydrogen-bond donors (Lipinski definition) is 2. The Morgan fingerprint density at radius 3 is 2.40 bits per heavy atom. The van der Waals surface area contributed by atoms with Crippen LogP contribution >= 0.6 is 12.2 Å². The highest BCUT2D eigenvalue weighted by atomic mass is 32.1. The molecule has 1 aromatic rings. The van der Waals surface area contributed by atoms with E-state index in [0.717, 1.165) is 23.2 Å². The van der Waals surface area contributed by atoms with E-state index in [2.05, 4.69) is 43.3 Å². The van der Waals surface area contributed by atoms with E-state index in [1.807, 2.05) is 0 Å². The maximum Gasteiger partial charge on any atom is 0.0790 e. The van der Waals surface area contributed by atoms with Crippen molar-refractivity contribution in [3.63, 3.8) is 0 Å². The molecule has 5 aliphatic carbocycles. The van der Waals surface area contributed by atoms with Crippen molar-refractivity contribution in [1.82, 2.24) is 0 Å². The van der Waals surface area contributed by atoms with Crippen LogP contribution in [-0.2, 0) is 5.41 Å². The van der Waals surface area contributed by atoms with E-state index in [1.54, 1.807) is 11.1 Å². The lowest BCUT2D eigenvalue weighted by Gasteiger charge is -2.59. The standard InChI is InChI=1S/C21H25NS.C6H13N/c1-2-6-16-14-9-19(18(22)23)12-20(15-7-4-3-5-8-15)11-17(16)21(20,10-14)13-19;7-6-4-2-1-3-5-6/h3-8,14,17H,2,9-13H2,1H3,(H2,22,23);6H,1-5,7H2/b16-6-;. The van der Waals surface area contributed by atoms with Gasteiger partial charge < -0.3 is 11.5 Å². The minimum absolute atomic E-state index is 0.117. The van der Waals surface area contributed by atoms with Crippen molar-refractivity contribution in [3.8, 4) is 0 Å². The average Bonchev–Trinajstić information content (AvgIpc) is 3.02. The Hall–Kier alpha value is -1.19. The molecule has 5 fully saturated rings. The smallest absolute Gasteiger partial charge is 0.0790 e. The first-order valence-corrected chi connectivity index (χ1v) is 12.7. The second-order valence-electron chi connectivity index (χ2n) is 11.0. The van der Waals surface area contributed by atoms with Crippen LogP contribution in [0.15, 0.2) is 42.0 Å². The molecule has 5 unspecified atom stereocenters. The van der Waals surface area contributed by atoms with Gasteiger partial charge in [0.25, 0.3) is 0 Å². The molecule has 0 aliphatic heterocycles. The van der Waals surface area contributed by atoms with Crippen molar-refractivity contribution in [2.45, 2.75) is 89.0 Å². The molecule has 6 rings (SSSR count). The molecular formula is C27H38N2S. The summed E-state index contributed by atoms with van der Waals surface area (Å²) in [5.41, 5.74) is 16.2. The van der Waals surface area contributed by atoms with Crippen LogP contribution in [0.25, 0.3) is 0 Å². The highest BCUT2D eigenvalue weighted by molar-refractivity contribution is 7.80. The number of hydrogen-bond acceptors (Lipinski definition) is 2. The zero-order valence-electron chi connectivity index (χ0n) is 18.5. The lowest BCUT2D eigenvalue weighted by atomic mass is 9.44. The highest BCUT2D eigenvalue weighted by Gasteiger charge is 2.79. The van der Waals surface area contributed by atoms with Crippen LogP contribution in [0.3, 0.4) is 0 Å². The summed E-state index contributed by atoms with van der Waals surface area (Å²) in [6.07, 6.45) is 16.7. The summed E-state index contributed by atoms with van der Waals surface area (Å²) in [4.78, 5) is 0.794. The predicted octanol–water partition coefficient (Wildman–Crippen LogP) is 6.03. The molecular weight excluding hydrogens is 384 g/mol. The zero-order valence-corrected chi connectivity index (χ0v) is 19.4. The third kappa shape index (κ3) is 2.80. The number of benzene rings is 1. The van der Waals surface area contributed by atoms with Gasteiger partial charge in [0.1, 0.15) is 0 Å². The molecule has 4 N–H and O–H groups in total. The summed E-state index contributed by atoms with van der Waals surface area (Å²) in [5.74, 6) is 1.54. The van der Waals surface area contributed by atoms with Gasteiger partial charge in [0.15, 0.2) is 0 Å². The Bertz CT molecular complexity index is 842. The van der Waals surface area contributed by atoms with Gasteiger partial charge in [0.2, 0.25) is 0 Å². The zero-order chi connectivity index (χ0) is 21.0. The third-order valence-electron chi connectivity index (χ3n) is 9.53. The fraction of sp³-hybridized carbons (Fsp3) is 0.667. The van der Waals surface area contributed by atoms with Crippen LogP contribution in [0.5, 0.6) is 0 Å². The molecule has 3 heteroatoms. The summed E-state index contributed by atoms with van der Waals surface area (Å²) < 4.78 is 0.